The Hall–Kier alpha value is -2.74. The van der Waals surface area contributed by atoms with Gasteiger partial charge in [-0.3, -0.25) is 14.2 Å². The molecule has 3 heterocycles. The van der Waals surface area contributed by atoms with E-state index in [1.54, 1.807) is 45.9 Å². The van der Waals surface area contributed by atoms with Crippen LogP contribution in [0.4, 0.5) is 0 Å². The molecule has 0 bridgehead atoms. The molecule has 0 unspecified atom stereocenters. The maximum atomic E-state index is 12.3. The summed E-state index contributed by atoms with van der Waals surface area (Å²) < 4.78 is 3.78. The molecule has 0 fully saturated rings. The molecule has 30 heavy (non-hydrogen) atoms. The van der Waals surface area contributed by atoms with Crippen molar-refractivity contribution in [2.45, 2.75) is 18.7 Å². The first-order valence-electron chi connectivity index (χ1n) is 9.12. The number of halogens is 2. The number of rotatable bonds is 7. The molecule has 4 aromatic rings. The smallest absolute Gasteiger partial charge is 0.255 e. The van der Waals surface area contributed by atoms with Crippen molar-refractivity contribution in [3.8, 4) is 11.4 Å². The summed E-state index contributed by atoms with van der Waals surface area (Å²) in [4.78, 5) is 25.0. The lowest BCUT2D eigenvalue weighted by molar-refractivity contribution is 0.0986. The van der Waals surface area contributed by atoms with Crippen LogP contribution in [0, 0.1) is 0 Å². The molecule has 152 valence electrons. The maximum absolute atomic E-state index is 12.3. The number of alkyl halides is 1. The molecule has 0 amide bonds. The topological polar surface area (TPSA) is 69.8 Å². The monoisotopic (exact) mass is 458 g/mol. The number of benzene rings is 1. The molecule has 0 aliphatic carbocycles. The normalized spacial score (nSPS) is 11.0. The van der Waals surface area contributed by atoms with E-state index < -0.39 is 0 Å². The van der Waals surface area contributed by atoms with Crippen LogP contribution in [0.25, 0.3) is 11.4 Å². The third kappa shape index (κ3) is 4.38. The molecule has 0 N–H and O–H groups in total. The Kier molecular flexibility index (Phi) is 6.13. The zero-order valence-corrected chi connectivity index (χ0v) is 18.0. The van der Waals surface area contributed by atoms with Crippen LogP contribution in [0.5, 0.6) is 0 Å². The zero-order valence-electron chi connectivity index (χ0n) is 15.7. The van der Waals surface area contributed by atoms with Gasteiger partial charge in [-0.25, -0.2) is 4.68 Å². The highest BCUT2D eigenvalue weighted by atomic mass is 35.5. The quantitative estimate of drug-likeness (QED) is 0.297. The number of Topliss-reactive ketones (excluding diaryl/α,β-unsaturated/α-hetero) is 1. The van der Waals surface area contributed by atoms with E-state index in [1.165, 1.54) is 17.4 Å². The lowest BCUT2D eigenvalue weighted by atomic mass is 10.1. The van der Waals surface area contributed by atoms with Crippen molar-refractivity contribution >= 4 is 40.3 Å². The van der Waals surface area contributed by atoms with Crippen molar-refractivity contribution in [2.75, 3.05) is 0 Å². The zero-order chi connectivity index (χ0) is 21.1. The van der Waals surface area contributed by atoms with Crippen LogP contribution in [0.1, 0.15) is 27.3 Å². The van der Waals surface area contributed by atoms with Gasteiger partial charge in [0.2, 0.25) is 0 Å². The van der Waals surface area contributed by atoms with Gasteiger partial charge in [0.1, 0.15) is 0 Å². The summed E-state index contributed by atoms with van der Waals surface area (Å²) in [6.45, 7) is 0. The van der Waals surface area contributed by atoms with Gasteiger partial charge in [-0.1, -0.05) is 22.9 Å². The highest BCUT2D eigenvalue weighted by Crippen LogP contribution is 2.23. The predicted octanol–water partition coefficient (Wildman–Crippen LogP) is 4.69. The first-order valence-corrected chi connectivity index (χ1v) is 10.8. The number of pyridine rings is 1. The predicted molar refractivity (Wildman–Crippen MR) is 118 cm³/mol. The molecule has 4 rings (SSSR count). The van der Waals surface area contributed by atoms with E-state index in [-0.39, 0.29) is 17.2 Å². The third-order valence-electron chi connectivity index (χ3n) is 4.55. The van der Waals surface area contributed by atoms with Gasteiger partial charge in [0.25, 0.3) is 5.56 Å². The fourth-order valence-corrected chi connectivity index (χ4v) is 4.28. The van der Waals surface area contributed by atoms with E-state index in [9.17, 15) is 9.59 Å². The fourth-order valence-electron chi connectivity index (χ4n) is 3.05. The molecule has 0 aliphatic rings. The summed E-state index contributed by atoms with van der Waals surface area (Å²) in [5.74, 6) is 0.276. The molecule has 0 aliphatic heterocycles. The minimum Gasteiger partial charge on any atom is -0.293 e. The van der Waals surface area contributed by atoms with Crippen molar-refractivity contribution in [3.63, 3.8) is 0 Å². The molecular formula is C21H16Cl2N4O2S. The molecule has 0 saturated carbocycles. The second kappa shape index (κ2) is 8.95. The van der Waals surface area contributed by atoms with Gasteiger partial charge in [0.05, 0.1) is 26.8 Å². The van der Waals surface area contributed by atoms with Gasteiger partial charge in [0, 0.05) is 36.7 Å². The van der Waals surface area contributed by atoms with Crippen LogP contribution >= 0.6 is 34.5 Å². The highest BCUT2D eigenvalue weighted by Gasteiger charge is 2.13. The van der Waals surface area contributed by atoms with Gasteiger partial charge >= 0.3 is 0 Å². The number of aromatic nitrogens is 4. The van der Waals surface area contributed by atoms with E-state index >= 15 is 0 Å². The largest absolute Gasteiger partial charge is 0.293 e. The van der Waals surface area contributed by atoms with Crippen LogP contribution < -0.4 is 5.56 Å². The number of aryl methyl sites for hydroxylation is 1. The minimum absolute atomic E-state index is 0.0283. The Morgan fingerprint density at radius 2 is 2.00 bits per heavy atom. The summed E-state index contributed by atoms with van der Waals surface area (Å²) in [5.41, 5.74) is 2.89. The van der Waals surface area contributed by atoms with Gasteiger partial charge in [-0.15, -0.1) is 28.0 Å². The van der Waals surface area contributed by atoms with Crippen molar-refractivity contribution in [1.29, 1.82) is 0 Å². The maximum Gasteiger partial charge on any atom is 0.255 e. The van der Waals surface area contributed by atoms with E-state index in [0.717, 1.165) is 16.9 Å². The first kappa shape index (κ1) is 20.5. The van der Waals surface area contributed by atoms with Crippen LogP contribution in [-0.2, 0) is 12.3 Å². The summed E-state index contributed by atoms with van der Waals surface area (Å²) in [7, 11) is 0. The number of thiophene rings is 1. The summed E-state index contributed by atoms with van der Waals surface area (Å²) in [6.07, 6.45) is 4.30. The number of nitrogens with zero attached hydrogens (tertiary/aromatic N) is 4. The Morgan fingerprint density at radius 3 is 2.73 bits per heavy atom. The molecular weight excluding hydrogens is 443 g/mol. The molecule has 6 nitrogen and oxygen atoms in total. The lowest BCUT2D eigenvalue weighted by Crippen LogP contribution is -2.16. The first-order chi connectivity index (χ1) is 14.5. The van der Waals surface area contributed by atoms with Gasteiger partial charge in [-0.05, 0) is 42.0 Å². The van der Waals surface area contributed by atoms with Gasteiger partial charge < -0.3 is 0 Å². The number of ketones is 1. The van der Waals surface area contributed by atoms with Crippen molar-refractivity contribution < 1.29 is 4.79 Å². The van der Waals surface area contributed by atoms with Crippen LogP contribution in [-0.4, -0.2) is 25.3 Å². The SMILES string of the molecule is O=C(CCc1cn(-c2ccc(-n3ccccc3=O)cc2CCl)nn1)c1ccc(Cl)s1. The highest BCUT2D eigenvalue weighted by molar-refractivity contribution is 7.18. The number of carbonyl (C=O) groups is 1. The summed E-state index contributed by atoms with van der Waals surface area (Å²) >= 11 is 13.3. The second-order valence-corrected chi connectivity index (χ2v) is 8.52. The Morgan fingerprint density at radius 1 is 1.13 bits per heavy atom. The van der Waals surface area contributed by atoms with E-state index in [1.807, 2.05) is 18.2 Å². The van der Waals surface area contributed by atoms with Crippen molar-refractivity contribution in [1.82, 2.24) is 19.6 Å². The molecule has 0 radical (unpaired) electrons. The Bertz CT molecular complexity index is 1260. The standard InChI is InChI=1S/C21H16Cl2N4O2S/c22-12-14-11-16(26-10-2-1-3-21(26)29)5-6-17(14)27-13-15(24-25-27)4-7-18(28)19-8-9-20(23)30-19/h1-3,5-6,8-11,13H,4,7,12H2. The van der Waals surface area contributed by atoms with E-state index in [2.05, 4.69) is 10.3 Å². The average Bonchev–Trinajstić information content (AvgIpc) is 3.41. The van der Waals surface area contributed by atoms with Crippen molar-refractivity contribution in [3.05, 3.63) is 91.7 Å². The van der Waals surface area contributed by atoms with Crippen molar-refractivity contribution in [2.24, 2.45) is 0 Å². The Balaban J connectivity index is 1.53. The van der Waals surface area contributed by atoms with Crippen LogP contribution in [0.2, 0.25) is 4.34 Å². The third-order valence-corrected chi connectivity index (χ3v) is 6.11. The van der Waals surface area contributed by atoms with Gasteiger partial charge in [0.15, 0.2) is 5.78 Å². The lowest BCUT2D eigenvalue weighted by Gasteiger charge is -2.11. The van der Waals surface area contributed by atoms with Crippen LogP contribution in [0.3, 0.4) is 0 Å². The molecule has 0 saturated heterocycles. The fraction of sp³-hybridized carbons (Fsp3) is 0.143. The molecule has 1 aromatic carbocycles. The summed E-state index contributed by atoms with van der Waals surface area (Å²) in [5, 5.41) is 8.35. The van der Waals surface area contributed by atoms with Gasteiger partial charge in [-0.2, -0.15) is 0 Å². The number of hydrogen-bond acceptors (Lipinski definition) is 5. The molecule has 0 atom stereocenters. The Labute approximate surface area is 186 Å². The number of carbonyl (C=O) groups excluding carboxylic acids is 1. The van der Waals surface area contributed by atoms with Crippen LogP contribution in [0.15, 0.2) is 65.7 Å². The molecule has 3 aromatic heterocycles. The molecule has 9 heteroatoms. The molecule has 0 spiro atoms. The average molecular weight is 459 g/mol. The minimum atomic E-state index is -0.120. The summed E-state index contributed by atoms with van der Waals surface area (Å²) in [6, 6.07) is 14.0. The number of hydrogen-bond donors (Lipinski definition) is 0. The van der Waals surface area contributed by atoms with E-state index in [0.29, 0.717) is 27.7 Å². The van der Waals surface area contributed by atoms with E-state index in [4.69, 9.17) is 23.2 Å². The second-order valence-electron chi connectivity index (χ2n) is 6.54.